The van der Waals surface area contributed by atoms with Crippen LogP contribution in [0.4, 0.5) is 5.69 Å². The molecule has 3 heteroatoms. The second kappa shape index (κ2) is 2.93. The molecule has 0 saturated heterocycles. The van der Waals surface area contributed by atoms with Crippen molar-refractivity contribution in [2.24, 2.45) is 0 Å². The van der Waals surface area contributed by atoms with Crippen molar-refractivity contribution in [2.45, 2.75) is 6.92 Å². The highest BCUT2D eigenvalue weighted by atomic mass is 35.5. The number of nitrogen functional groups attached to an aromatic ring is 1. The molecule has 2 nitrogen and oxygen atoms in total. The van der Waals surface area contributed by atoms with Crippen LogP contribution >= 0.6 is 11.6 Å². The number of anilines is 1. The van der Waals surface area contributed by atoms with E-state index in [0.29, 0.717) is 16.3 Å². The third-order valence-corrected chi connectivity index (χ3v) is 1.93. The number of nitrogens with one attached hydrogen (secondary N) is 1. The Labute approximate surface area is 70.5 Å². The zero-order valence-corrected chi connectivity index (χ0v) is 6.94. The number of hydrogen-bond donors (Lipinski definition) is 2. The van der Waals surface area contributed by atoms with Crippen molar-refractivity contribution in [1.29, 1.82) is 5.41 Å². The molecule has 3 N–H and O–H groups in total. The highest BCUT2D eigenvalue weighted by Crippen LogP contribution is 2.20. The fourth-order valence-electron chi connectivity index (χ4n) is 0.844. The van der Waals surface area contributed by atoms with Crippen LogP contribution in [0.15, 0.2) is 12.1 Å². The smallest absolute Gasteiger partial charge is 0.0443 e. The fourth-order valence-corrected chi connectivity index (χ4v) is 1.02. The summed E-state index contributed by atoms with van der Waals surface area (Å²) in [5, 5.41) is 7.64. The molecule has 0 spiro atoms. The first-order chi connectivity index (χ1) is 5.15. The van der Waals surface area contributed by atoms with E-state index in [4.69, 9.17) is 22.7 Å². The number of hydrogen-bond acceptors (Lipinski definition) is 2. The Hall–Kier alpha value is -1.02. The summed E-state index contributed by atoms with van der Waals surface area (Å²) in [6, 6.07) is 3.46. The lowest BCUT2D eigenvalue weighted by molar-refractivity contribution is 1.45. The van der Waals surface area contributed by atoms with Gasteiger partial charge >= 0.3 is 0 Å². The molecule has 1 aromatic carbocycles. The zero-order valence-electron chi connectivity index (χ0n) is 6.19. The van der Waals surface area contributed by atoms with Gasteiger partial charge < -0.3 is 11.1 Å². The highest BCUT2D eigenvalue weighted by Gasteiger charge is 1.99. The van der Waals surface area contributed by atoms with Crippen molar-refractivity contribution in [3.8, 4) is 0 Å². The lowest BCUT2D eigenvalue weighted by Gasteiger charge is -2.02. The van der Waals surface area contributed by atoms with Gasteiger partial charge in [-0.1, -0.05) is 11.6 Å². The number of nitrogens with two attached hydrogens (primary N) is 1. The van der Waals surface area contributed by atoms with Crippen LogP contribution in [0.1, 0.15) is 11.1 Å². The van der Waals surface area contributed by atoms with Crippen LogP contribution in [0.5, 0.6) is 0 Å². The molecule has 1 aromatic rings. The predicted octanol–water partition coefficient (Wildman–Crippen LogP) is 2.23. The highest BCUT2D eigenvalue weighted by molar-refractivity contribution is 6.31. The van der Waals surface area contributed by atoms with Crippen molar-refractivity contribution >= 4 is 23.5 Å². The lowest BCUT2D eigenvalue weighted by Crippen LogP contribution is -1.93. The molecule has 0 aromatic heterocycles. The van der Waals surface area contributed by atoms with Crippen LogP contribution in [-0.4, -0.2) is 6.21 Å². The minimum absolute atomic E-state index is 0.599. The summed E-state index contributed by atoms with van der Waals surface area (Å²) in [4.78, 5) is 0. The Morgan fingerprint density at radius 3 is 2.73 bits per heavy atom. The maximum atomic E-state index is 6.99. The van der Waals surface area contributed by atoms with Crippen molar-refractivity contribution in [3.63, 3.8) is 0 Å². The number of halogens is 1. The molecule has 0 aliphatic rings. The van der Waals surface area contributed by atoms with Gasteiger partial charge in [0, 0.05) is 22.5 Å². The Morgan fingerprint density at radius 2 is 2.18 bits per heavy atom. The molecular weight excluding hydrogens is 160 g/mol. The zero-order chi connectivity index (χ0) is 8.43. The van der Waals surface area contributed by atoms with Gasteiger partial charge in [0.05, 0.1) is 0 Å². The van der Waals surface area contributed by atoms with E-state index < -0.39 is 0 Å². The van der Waals surface area contributed by atoms with Crippen LogP contribution in [-0.2, 0) is 0 Å². The molecule has 0 atom stereocenters. The van der Waals surface area contributed by atoms with E-state index in [1.54, 1.807) is 12.1 Å². The monoisotopic (exact) mass is 168 g/mol. The maximum Gasteiger partial charge on any atom is 0.0443 e. The molecule has 0 saturated carbocycles. The summed E-state index contributed by atoms with van der Waals surface area (Å²) in [5.41, 5.74) is 7.80. The Kier molecular flexibility index (Phi) is 2.15. The number of rotatable bonds is 1. The largest absolute Gasteiger partial charge is 0.398 e. The molecule has 0 fully saturated rings. The average molecular weight is 169 g/mol. The van der Waals surface area contributed by atoms with Crippen LogP contribution in [0.3, 0.4) is 0 Å². The maximum absolute atomic E-state index is 6.99. The molecule has 0 amide bonds. The summed E-state index contributed by atoms with van der Waals surface area (Å²) in [6.45, 7) is 1.88. The van der Waals surface area contributed by atoms with Gasteiger partial charge in [0.15, 0.2) is 0 Å². The van der Waals surface area contributed by atoms with E-state index in [0.717, 1.165) is 5.56 Å². The molecule has 1 rings (SSSR count). The molecule has 0 aliphatic carbocycles. The number of aryl methyl sites for hydroxylation is 1. The third-order valence-electron chi connectivity index (χ3n) is 1.52. The number of benzene rings is 1. The molecule has 0 unspecified atom stereocenters. The van der Waals surface area contributed by atoms with Crippen LogP contribution in [0.2, 0.25) is 5.02 Å². The van der Waals surface area contributed by atoms with Gasteiger partial charge in [0.25, 0.3) is 0 Å². The van der Waals surface area contributed by atoms with Gasteiger partial charge in [0.2, 0.25) is 0 Å². The summed E-state index contributed by atoms with van der Waals surface area (Å²) in [6.07, 6.45) is 1.20. The predicted molar refractivity (Wildman–Crippen MR) is 48.5 cm³/mol. The average Bonchev–Trinajstić information content (AvgIpc) is 1.97. The Balaban J connectivity index is 3.31. The van der Waals surface area contributed by atoms with Gasteiger partial charge in [0.1, 0.15) is 0 Å². The Morgan fingerprint density at radius 1 is 1.55 bits per heavy atom. The molecule has 11 heavy (non-hydrogen) atoms. The standard InChI is InChI=1S/C8H9ClN2/c1-5-2-8(11)6(4-10)3-7(5)9/h2-4,10H,11H2,1H3. The summed E-state index contributed by atoms with van der Waals surface area (Å²) >= 11 is 5.81. The minimum Gasteiger partial charge on any atom is -0.398 e. The first-order valence-corrected chi connectivity index (χ1v) is 3.59. The van der Waals surface area contributed by atoms with Crippen LogP contribution in [0.25, 0.3) is 0 Å². The van der Waals surface area contributed by atoms with Gasteiger partial charge in [-0.3, -0.25) is 0 Å². The first-order valence-electron chi connectivity index (χ1n) is 3.21. The topological polar surface area (TPSA) is 49.9 Å². The molecule has 0 heterocycles. The van der Waals surface area contributed by atoms with Crippen LogP contribution < -0.4 is 5.73 Å². The van der Waals surface area contributed by atoms with Crippen molar-refractivity contribution < 1.29 is 0 Å². The lowest BCUT2D eigenvalue weighted by atomic mass is 10.1. The van der Waals surface area contributed by atoms with E-state index in [1.165, 1.54) is 6.21 Å². The third kappa shape index (κ3) is 1.52. The first kappa shape index (κ1) is 8.08. The summed E-state index contributed by atoms with van der Waals surface area (Å²) in [7, 11) is 0. The van der Waals surface area contributed by atoms with Crippen molar-refractivity contribution in [1.82, 2.24) is 0 Å². The van der Waals surface area contributed by atoms with Gasteiger partial charge in [-0.15, -0.1) is 0 Å². The van der Waals surface area contributed by atoms with Crippen LogP contribution in [0, 0.1) is 12.3 Å². The SMILES string of the molecule is Cc1cc(N)c(C=N)cc1Cl. The Bertz CT molecular complexity index is 294. The van der Waals surface area contributed by atoms with Gasteiger partial charge in [-0.05, 0) is 24.6 Å². The fraction of sp³-hybridized carbons (Fsp3) is 0.125. The van der Waals surface area contributed by atoms with Gasteiger partial charge in [-0.2, -0.15) is 0 Å². The van der Waals surface area contributed by atoms with E-state index in [9.17, 15) is 0 Å². The molecule has 0 radical (unpaired) electrons. The summed E-state index contributed by atoms with van der Waals surface area (Å²) < 4.78 is 0. The van der Waals surface area contributed by atoms with Crippen molar-refractivity contribution in [2.75, 3.05) is 5.73 Å². The quantitative estimate of drug-likeness (QED) is 0.490. The molecule has 0 aliphatic heterocycles. The second-order valence-electron chi connectivity index (χ2n) is 2.37. The van der Waals surface area contributed by atoms with E-state index in [1.807, 2.05) is 6.92 Å². The van der Waals surface area contributed by atoms with Gasteiger partial charge in [-0.25, -0.2) is 0 Å². The minimum atomic E-state index is 0.599. The van der Waals surface area contributed by atoms with Crippen molar-refractivity contribution in [3.05, 3.63) is 28.3 Å². The molecule has 0 bridgehead atoms. The summed E-state index contributed by atoms with van der Waals surface area (Å²) in [5.74, 6) is 0. The normalized spacial score (nSPS) is 9.64. The molecule has 58 valence electrons. The van der Waals surface area contributed by atoms with E-state index in [-0.39, 0.29) is 0 Å². The molecular formula is C8H9ClN2. The second-order valence-corrected chi connectivity index (χ2v) is 2.78. The van der Waals surface area contributed by atoms with E-state index >= 15 is 0 Å². The van der Waals surface area contributed by atoms with E-state index in [2.05, 4.69) is 0 Å².